The summed E-state index contributed by atoms with van der Waals surface area (Å²) in [4.78, 5) is 15.0. The Balaban J connectivity index is 1.59. The Labute approximate surface area is 189 Å². The highest BCUT2D eigenvalue weighted by atomic mass is 16.3. The van der Waals surface area contributed by atoms with E-state index in [2.05, 4.69) is 61.3 Å². The maximum atomic E-state index is 12.6. The lowest BCUT2D eigenvalue weighted by molar-refractivity contribution is 0.0952. The quantitative estimate of drug-likeness (QED) is 0.418. The van der Waals surface area contributed by atoms with E-state index in [-0.39, 0.29) is 16.9 Å². The topological polar surface area (TPSA) is 64.9 Å². The van der Waals surface area contributed by atoms with E-state index < -0.39 is 5.91 Å². The molecule has 0 saturated carbocycles. The summed E-state index contributed by atoms with van der Waals surface area (Å²) in [6.07, 6.45) is 3.95. The highest BCUT2D eigenvalue weighted by Gasteiger charge is 2.30. The van der Waals surface area contributed by atoms with Crippen molar-refractivity contribution in [3.63, 3.8) is 0 Å². The number of benzene rings is 3. The number of nitrogens with one attached hydrogen (secondary N) is 1. The Morgan fingerprint density at radius 3 is 2.50 bits per heavy atom. The molecule has 0 unspecified atom stereocenters. The van der Waals surface area contributed by atoms with E-state index in [1.54, 1.807) is 18.3 Å². The lowest BCUT2D eigenvalue weighted by Gasteiger charge is -2.43. The van der Waals surface area contributed by atoms with Gasteiger partial charge in [0.15, 0.2) is 0 Å². The Hall–Kier alpha value is -3.60. The van der Waals surface area contributed by atoms with Crippen molar-refractivity contribution in [2.45, 2.75) is 40.2 Å². The molecule has 0 aromatic heterocycles. The second-order valence-corrected chi connectivity index (χ2v) is 8.87. The van der Waals surface area contributed by atoms with Gasteiger partial charge in [0, 0.05) is 17.8 Å². The van der Waals surface area contributed by atoms with Crippen LogP contribution in [0.25, 0.3) is 16.3 Å². The van der Waals surface area contributed by atoms with E-state index in [9.17, 15) is 9.90 Å². The van der Waals surface area contributed by atoms with Crippen molar-refractivity contribution in [3.8, 4) is 5.75 Å². The smallest absolute Gasteiger partial charge is 0.275 e. The van der Waals surface area contributed by atoms with Crippen molar-refractivity contribution in [2.24, 2.45) is 5.10 Å². The SMILES string of the molecule is CCN1c2cc(C)c(/C=N/NC(=O)c3cc4ccccc4cc3O)cc2C(C)=CC1(C)C. The van der Waals surface area contributed by atoms with Crippen LogP contribution in [-0.2, 0) is 0 Å². The zero-order valence-corrected chi connectivity index (χ0v) is 19.2. The molecule has 0 atom stereocenters. The number of allylic oxidation sites excluding steroid dienone is 1. The van der Waals surface area contributed by atoms with Gasteiger partial charge in [-0.3, -0.25) is 4.79 Å². The third-order valence-electron chi connectivity index (χ3n) is 6.16. The first kappa shape index (κ1) is 21.6. The van der Waals surface area contributed by atoms with Crippen LogP contribution in [0, 0.1) is 6.92 Å². The van der Waals surface area contributed by atoms with E-state index in [4.69, 9.17) is 0 Å². The van der Waals surface area contributed by atoms with Gasteiger partial charge in [0.2, 0.25) is 0 Å². The number of hydrazone groups is 1. The van der Waals surface area contributed by atoms with Crippen molar-refractivity contribution in [3.05, 3.63) is 76.9 Å². The number of phenols is 1. The Kier molecular flexibility index (Phi) is 5.51. The molecule has 164 valence electrons. The minimum atomic E-state index is -0.449. The number of likely N-dealkylation sites (N-methyl/N-ethyl adjacent to an activating group) is 1. The summed E-state index contributed by atoms with van der Waals surface area (Å²) in [6.45, 7) is 11.7. The van der Waals surface area contributed by atoms with E-state index in [1.807, 2.05) is 31.2 Å². The lowest BCUT2D eigenvalue weighted by Crippen LogP contribution is -2.45. The molecule has 1 aliphatic heterocycles. The van der Waals surface area contributed by atoms with E-state index >= 15 is 0 Å². The van der Waals surface area contributed by atoms with Crippen LogP contribution in [0.3, 0.4) is 0 Å². The minimum absolute atomic E-state index is 0.0380. The number of hydrogen-bond acceptors (Lipinski definition) is 4. The number of anilines is 1. The van der Waals surface area contributed by atoms with Gasteiger partial charge in [-0.1, -0.05) is 30.3 Å². The van der Waals surface area contributed by atoms with Gasteiger partial charge < -0.3 is 10.0 Å². The molecular weight excluding hydrogens is 398 g/mol. The maximum Gasteiger partial charge on any atom is 0.275 e. The second kappa shape index (κ2) is 8.15. The molecule has 2 N–H and O–H groups in total. The van der Waals surface area contributed by atoms with Crippen molar-refractivity contribution in [2.75, 3.05) is 11.4 Å². The summed E-state index contributed by atoms with van der Waals surface area (Å²) in [5, 5.41) is 16.2. The van der Waals surface area contributed by atoms with Gasteiger partial charge in [-0.2, -0.15) is 5.10 Å². The molecule has 3 aromatic carbocycles. The zero-order valence-electron chi connectivity index (χ0n) is 19.2. The molecule has 1 heterocycles. The number of rotatable bonds is 4. The summed E-state index contributed by atoms with van der Waals surface area (Å²) >= 11 is 0. The van der Waals surface area contributed by atoms with Gasteiger partial charge in [-0.05, 0) is 86.4 Å². The average molecular weight is 428 g/mol. The monoisotopic (exact) mass is 427 g/mol. The molecule has 4 rings (SSSR count). The molecule has 0 radical (unpaired) electrons. The molecule has 0 spiro atoms. The number of hydrogen-bond donors (Lipinski definition) is 2. The summed E-state index contributed by atoms with van der Waals surface area (Å²) in [5.41, 5.74) is 8.36. The Morgan fingerprint density at radius 1 is 1.12 bits per heavy atom. The van der Waals surface area contributed by atoms with Crippen LogP contribution in [0.1, 0.15) is 54.7 Å². The fourth-order valence-corrected chi connectivity index (χ4v) is 4.59. The molecule has 1 amide bonds. The first-order valence-electron chi connectivity index (χ1n) is 10.9. The fraction of sp³-hybridized carbons (Fsp3) is 0.259. The molecule has 3 aromatic rings. The van der Waals surface area contributed by atoms with Gasteiger partial charge in [-0.25, -0.2) is 5.43 Å². The predicted octanol–water partition coefficient (Wildman–Crippen LogP) is 5.64. The zero-order chi connectivity index (χ0) is 23.0. The van der Waals surface area contributed by atoms with Crippen LogP contribution >= 0.6 is 0 Å². The minimum Gasteiger partial charge on any atom is -0.507 e. The molecule has 0 bridgehead atoms. The summed E-state index contributed by atoms with van der Waals surface area (Å²) in [5.74, 6) is -0.514. The summed E-state index contributed by atoms with van der Waals surface area (Å²) in [6, 6.07) is 15.2. The van der Waals surface area contributed by atoms with E-state index in [0.29, 0.717) is 0 Å². The number of aryl methyl sites for hydroxylation is 1. The largest absolute Gasteiger partial charge is 0.507 e. The molecular formula is C27H29N3O2. The Morgan fingerprint density at radius 2 is 1.81 bits per heavy atom. The number of carbonyl (C=O) groups excluding carboxylic acids is 1. The number of carbonyl (C=O) groups is 1. The van der Waals surface area contributed by atoms with Gasteiger partial charge in [-0.15, -0.1) is 0 Å². The number of nitrogens with zero attached hydrogens (tertiary/aromatic N) is 2. The third-order valence-corrected chi connectivity index (χ3v) is 6.16. The van der Waals surface area contributed by atoms with Gasteiger partial charge in [0.25, 0.3) is 5.91 Å². The van der Waals surface area contributed by atoms with Crippen LogP contribution in [-0.4, -0.2) is 29.3 Å². The van der Waals surface area contributed by atoms with Gasteiger partial charge in [0.05, 0.1) is 17.3 Å². The van der Waals surface area contributed by atoms with Crippen molar-refractivity contribution >= 4 is 34.2 Å². The fourth-order valence-electron chi connectivity index (χ4n) is 4.59. The number of fused-ring (bicyclic) bond motifs is 2. The summed E-state index contributed by atoms with van der Waals surface area (Å²) < 4.78 is 0. The standard InChI is InChI=1S/C27H29N3O2/c1-6-30-24-11-17(2)21(13-22(24)18(3)15-27(30,4)5)16-28-29-26(32)23-12-19-9-7-8-10-20(19)14-25(23)31/h7-16,31H,6H2,1-5H3,(H,29,32)/b28-16+. The van der Waals surface area contributed by atoms with Crippen molar-refractivity contribution < 1.29 is 9.90 Å². The first-order chi connectivity index (χ1) is 15.2. The number of amides is 1. The first-order valence-corrected chi connectivity index (χ1v) is 10.9. The molecule has 32 heavy (non-hydrogen) atoms. The highest BCUT2D eigenvalue weighted by Crippen LogP contribution is 2.39. The van der Waals surface area contributed by atoms with Crippen molar-refractivity contribution in [1.82, 2.24) is 5.43 Å². The van der Waals surface area contributed by atoms with Crippen molar-refractivity contribution in [1.29, 1.82) is 0 Å². The van der Waals surface area contributed by atoms with Crippen LogP contribution in [0.2, 0.25) is 0 Å². The van der Waals surface area contributed by atoms with Crippen LogP contribution in [0.4, 0.5) is 5.69 Å². The Bertz CT molecular complexity index is 1270. The van der Waals surface area contributed by atoms with Crippen LogP contribution in [0.15, 0.2) is 59.7 Å². The van der Waals surface area contributed by atoms with Gasteiger partial charge >= 0.3 is 0 Å². The molecule has 5 heteroatoms. The predicted molar refractivity (Wildman–Crippen MR) is 133 cm³/mol. The van der Waals surface area contributed by atoms with E-state index in [1.165, 1.54) is 16.8 Å². The molecule has 5 nitrogen and oxygen atoms in total. The summed E-state index contributed by atoms with van der Waals surface area (Å²) in [7, 11) is 0. The third kappa shape index (κ3) is 3.86. The number of phenolic OH excluding ortho intramolecular Hbond substituents is 1. The van der Waals surface area contributed by atoms with E-state index in [0.717, 1.165) is 28.4 Å². The highest BCUT2D eigenvalue weighted by molar-refractivity contribution is 6.02. The molecule has 0 saturated heterocycles. The van der Waals surface area contributed by atoms with Gasteiger partial charge in [0.1, 0.15) is 5.75 Å². The van der Waals surface area contributed by atoms with Crippen LogP contribution < -0.4 is 10.3 Å². The molecule has 0 aliphatic carbocycles. The normalized spacial score (nSPS) is 15.0. The lowest BCUT2D eigenvalue weighted by atomic mass is 9.87. The molecule has 0 fully saturated rings. The second-order valence-electron chi connectivity index (χ2n) is 8.87. The van der Waals surface area contributed by atoms with Crippen LogP contribution in [0.5, 0.6) is 5.75 Å². The average Bonchev–Trinajstić information content (AvgIpc) is 2.73. The molecule has 1 aliphatic rings. The number of aromatic hydroxyl groups is 1. The maximum absolute atomic E-state index is 12.6.